The maximum atomic E-state index is 3.86. The molecular formula is C8H18N2. The molecule has 0 heterocycles. The molecule has 0 radical (unpaired) electrons. The molecule has 0 saturated carbocycles. The first kappa shape index (κ1) is 9.47. The summed E-state index contributed by atoms with van der Waals surface area (Å²) >= 11 is 0. The van der Waals surface area contributed by atoms with Crippen molar-refractivity contribution in [2.75, 3.05) is 7.05 Å². The Hall–Kier alpha value is -0.530. The number of nitrogens with zero attached hydrogens (tertiary/aromatic N) is 1. The first-order chi connectivity index (χ1) is 4.72. The summed E-state index contributed by atoms with van der Waals surface area (Å²) in [7, 11) is 1.77. The van der Waals surface area contributed by atoms with Crippen LogP contribution in [-0.2, 0) is 0 Å². The molecule has 0 spiro atoms. The lowest BCUT2D eigenvalue weighted by atomic mass is 10.0. The quantitative estimate of drug-likeness (QED) is 0.468. The number of nitrogens with one attached hydrogen (secondary N) is 1. The van der Waals surface area contributed by atoms with Gasteiger partial charge in [-0.15, -0.1) is 0 Å². The van der Waals surface area contributed by atoms with Crippen LogP contribution in [0.4, 0.5) is 0 Å². The monoisotopic (exact) mass is 142 g/mol. The summed E-state index contributed by atoms with van der Waals surface area (Å²) in [5.41, 5.74) is 0. The lowest BCUT2D eigenvalue weighted by molar-refractivity contribution is 0.440. The van der Waals surface area contributed by atoms with Crippen molar-refractivity contribution in [3.8, 4) is 0 Å². The molecule has 0 aliphatic carbocycles. The van der Waals surface area contributed by atoms with E-state index in [4.69, 9.17) is 0 Å². The van der Waals surface area contributed by atoms with Crippen LogP contribution in [-0.4, -0.2) is 19.4 Å². The largest absolute Gasteiger partial charge is 0.374 e. The van der Waals surface area contributed by atoms with Crippen LogP contribution in [0.3, 0.4) is 0 Å². The van der Waals surface area contributed by atoms with Crippen molar-refractivity contribution >= 4 is 6.34 Å². The number of aliphatic imine (C=N–C) groups is 1. The molecule has 0 aromatic rings. The predicted octanol–water partition coefficient (Wildman–Crippen LogP) is 1.67. The number of hydrogen-bond acceptors (Lipinski definition) is 1. The van der Waals surface area contributed by atoms with Crippen LogP contribution in [0.1, 0.15) is 27.2 Å². The zero-order valence-electron chi connectivity index (χ0n) is 7.39. The van der Waals surface area contributed by atoms with Crippen LogP contribution in [0.25, 0.3) is 0 Å². The highest BCUT2D eigenvalue weighted by atomic mass is 15.0. The third kappa shape index (κ3) is 3.49. The van der Waals surface area contributed by atoms with Gasteiger partial charge in [-0.05, 0) is 12.8 Å². The van der Waals surface area contributed by atoms with Crippen molar-refractivity contribution in [3.63, 3.8) is 0 Å². The van der Waals surface area contributed by atoms with Gasteiger partial charge in [-0.2, -0.15) is 0 Å². The minimum Gasteiger partial charge on any atom is -0.374 e. The average Bonchev–Trinajstić information content (AvgIpc) is 1.98. The Morgan fingerprint density at radius 1 is 1.50 bits per heavy atom. The van der Waals surface area contributed by atoms with Crippen LogP contribution in [0.15, 0.2) is 4.99 Å². The van der Waals surface area contributed by atoms with Crippen LogP contribution in [0.2, 0.25) is 0 Å². The van der Waals surface area contributed by atoms with E-state index in [0.717, 1.165) is 5.92 Å². The summed E-state index contributed by atoms with van der Waals surface area (Å²) < 4.78 is 0. The fourth-order valence-corrected chi connectivity index (χ4v) is 0.710. The first-order valence-electron chi connectivity index (χ1n) is 3.89. The van der Waals surface area contributed by atoms with Gasteiger partial charge in [0.05, 0.1) is 6.34 Å². The normalized spacial score (nSPS) is 17.2. The molecule has 60 valence electrons. The maximum absolute atomic E-state index is 3.86. The Bertz CT molecular complexity index is 99.4. The van der Waals surface area contributed by atoms with E-state index in [0.29, 0.717) is 6.04 Å². The fourth-order valence-electron chi connectivity index (χ4n) is 0.710. The van der Waals surface area contributed by atoms with E-state index in [9.17, 15) is 0 Å². The van der Waals surface area contributed by atoms with Crippen LogP contribution >= 0.6 is 0 Å². The minimum atomic E-state index is 0.536. The highest BCUT2D eigenvalue weighted by Gasteiger charge is 2.06. The Balaban J connectivity index is 3.50. The molecule has 0 amide bonds. The van der Waals surface area contributed by atoms with E-state index < -0.39 is 0 Å². The highest BCUT2D eigenvalue weighted by molar-refractivity contribution is 5.54. The second-order valence-corrected chi connectivity index (χ2v) is 2.73. The van der Waals surface area contributed by atoms with E-state index in [1.165, 1.54) is 6.42 Å². The van der Waals surface area contributed by atoms with Crippen molar-refractivity contribution in [1.82, 2.24) is 5.32 Å². The highest BCUT2D eigenvalue weighted by Crippen LogP contribution is 2.05. The van der Waals surface area contributed by atoms with Gasteiger partial charge < -0.3 is 5.32 Å². The number of hydrogen-bond donors (Lipinski definition) is 1. The third-order valence-electron chi connectivity index (χ3n) is 1.96. The van der Waals surface area contributed by atoms with Crippen LogP contribution in [0.5, 0.6) is 0 Å². The predicted molar refractivity (Wildman–Crippen MR) is 46.5 cm³/mol. The summed E-state index contributed by atoms with van der Waals surface area (Å²) in [6.07, 6.45) is 2.97. The Kier molecular flexibility index (Phi) is 4.99. The van der Waals surface area contributed by atoms with Gasteiger partial charge in [0.25, 0.3) is 0 Å². The molecule has 2 unspecified atom stereocenters. The molecule has 0 aliphatic rings. The molecule has 0 fully saturated rings. The summed E-state index contributed by atoms with van der Waals surface area (Å²) in [5, 5.41) is 3.19. The second-order valence-electron chi connectivity index (χ2n) is 2.73. The number of rotatable bonds is 4. The molecule has 2 nitrogen and oxygen atoms in total. The minimum absolute atomic E-state index is 0.536. The smallest absolute Gasteiger partial charge is 0.0822 e. The van der Waals surface area contributed by atoms with Crippen LogP contribution < -0.4 is 5.32 Å². The van der Waals surface area contributed by atoms with Gasteiger partial charge in [-0.25, -0.2) is 0 Å². The SMILES string of the molecule is CCC(C)C(C)NC=NC. The van der Waals surface area contributed by atoms with E-state index in [1.807, 2.05) is 0 Å². The Morgan fingerprint density at radius 2 is 2.10 bits per heavy atom. The van der Waals surface area contributed by atoms with E-state index in [-0.39, 0.29) is 0 Å². The Labute approximate surface area is 63.7 Å². The van der Waals surface area contributed by atoms with Crippen molar-refractivity contribution in [2.45, 2.75) is 33.2 Å². The molecule has 0 aromatic heterocycles. The lowest BCUT2D eigenvalue weighted by Gasteiger charge is -2.17. The van der Waals surface area contributed by atoms with E-state index >= 15 is 0 Å². The van der Waals surface area contributed by atoms with Gasteiger partial charge >= 0.3 is 0 Å². The topological polar surface area (TPSA) is 24.4 Å². The third-order valence-corrected chi connectivity index (χ3v) is 1.96. The van der Waals surface area contributed by atoms with Gasteiger partial charge in [0, 0.05) is 13.1 Å². The summed E-state index contributed by atoms with van der Waals surface area (Å²) in [6.45, 7) is 6.61. The molecule has 2 atom stereocenters. The summed E-state index contributed by atoms with van der Waals surface area (Å²) in [6, 6.07) is 0.536. The zero-order chi connectivity index (χ0) is 7.98. The van der Waals surface area contributed by atoms with Gasteiger partial charge in [-0.1, -0.05) is 20.3 Å². The molecule has 0 bridgehead atoms. The van der Waals surface area contributed by atoms with Crippen LogP contribution in [0, 0.1) is 5.92 Å². The van der Waals surface area contributed by atoms with E-state index in [2.05, 4.69) is 31.1 Å². The van der Waals surface area contributed by atoms with E-state index in [1.54, 1.807) is 13.4 Å². The summed E-state index contributed by atoms with van der Waals surface area (Å²) in [4.78, 5) is 3.86. The molecule has 0 saturated heterocycles. The molecule has 2 heteroatoms. The fraction of sp³-hybridized carbons (Fsp3) is 0.875. The van der Waals surface area contributed by atoms with Crippen molar-refractivity contribution in [2.24, 2.45) is 10.9 Å². The molecule has 0 rings (SSSR count). The van der Waals surface area contributed by atoms with Crippen molar-refractivity contribution in [1.29, 1.82) is 0 Å². The maximum Gasteiger partial charge on any atom is 0.0822 e. The van der Waals surface area contributed by atoms with Crippen molar-refractivity contribution in [3.05, 3.63) is 0 Å². The Morgan fingerprint density at radius 3 is 2.50 bits per heavy atom. The average molecular weight is 142 g/mol. The molecule has 10 heavy (non-hydrogen) atoms. The molecule has 1 N–H and O–H groups in total. The second kappa shape index (κ2) is 5.27. The van der Waals surface area contributed by atoms with Gasteiger partial charge in [-0.3, -0.25) is 4.99 Å². The standard InChI is InChI=1S/C8H18N2/c1-5-7(2)8(3)10-6-9-4/h6-8H,5H2,1-4H3,(H,9,10). The first-order valence-corrected chi connectivity index (χ1v) is 3.89. The van der Waals surface area contributed by atoms with Gasteiger partial charge in [0.15, 0.2) is 0 Å². The molecular weight excluding hydrogens is 124 g/mol. The zero-order valence-corrected chi connectivity index (χ0v) is 7.39. The van der Waals surface area contributed by atoms with Gasteiger partial charge in [0.2, 0.25) is 0 Å². The van der Waals surface area contributed by atoms with Crippen molar-refractivity contribution < 1.29 is 0 Å². The summed E-state index contributed by atoms with van der Waals surface area (Å²) in [5.74, 6) is 0.720. The lowest BCUT2D eigenvalue weighted by Crippen LogP contribution is -2.30. The molecule has 0 aliphatic heterocycles. The van der Waals surface area contributed by atoms with Gasteiger partial charge in [0.1, 0.15) is 0 Å². The molecule has 0 aromatic carbocycles.